The molecule has 0 spiro atoms. The molecule has 0 bridgehead atoms. The molecule has 1 heterocycles. The molecule has 1 aromatic carbocycles. The molecule has 1 aliphatic rings. The van der Waals surface area contributed by atoms with E-state index in [-0.39, 0.29) is 5.41 Å². The van der Waals surface area contributed by atoms with Crippen LogP contribution < -0.4 is 10.5 Å². The fraction of sp³-hybridized carbons (Fsp3) is 0.455. The molecule has 0 amide bonds. The minimum absolute atomic E-state index is 0.196. The van der Waals surface area contributed by atoms with E-state index in [4.69, 9.17) is 15.2 Å². The van der Waals surface area contributed by atoms with E-state index in [1.54, 1.807) is 0 Å². The average molecular weight is 193 g/mol. The molecular weight excluding hydrogens is 178 g/mol. The molecular formula is C11H15NO2. The standard InChI is InChI=1S/C11H15NO2/c1-11(6-13-7-11)8-14-10-4-2-9(12)3-5-10/h2-5H,6-8,12H2,1H3. The van der Waals surface area contributed by atoms with Gasteiger partial charge in [-0.25, -0.2) is 0 Å². The van der Waals surface area contributed by atoms with Crippen molar-refractivity contribution in [3.8, 4) is 5.75 Å². The fourth-order valence-corrected chi connectivity index (χ4v) is 1.36. The van der Waals surface area contributed by atoms with Gasteiger partial charge in [0, 0.05) is 11.1 Å². The Morgan fingerprint density at radius 1 is 1.36 bits per heavy atom. The van der Waals surface area contributed by atoms with Gasteiger partial charge in [-0.2, -0.15) is 0 Å². The molecule has 0 saturated carbocycles. The highest BCUT2D eigenvalue weighted by atomic mass is 16.5. The van der Waals surface area contributed by atoms with E-state index in [9.17, 15) is 0 Å². The number of hydrogen-bond acceptors (Lipinski definition) is 3. The number of benzene rings is 1. The third-order valence-electron chi connectivity index (χ3n) is 2.37. The molecule has 2 N–H and O–H groups in total. The first kappa shape index (κ1) is 9.34. The first-order valence-corrected chi connectivity index (χ1v) is 4.74. The van der Waals surface area contributed by atoms with Crippen molar-refractivity contribution in [2.24, 2.45) is 5.41 Å². The molecule has 1 fully saturated rings. The molecule has 3 heteroatoms. The molecule has 0 radical (unpaired) electrons. The topological polar surface area (TPSA) is 44.5 Å². The van der Waals surface area contributed by atoms with E-state index in [2.05, 4.69) is 6.92 Å². The van der Waals surface area contributed by atoms with E-state index in [1.165, 1.54) is 0 Å². The van der Waals surface area contributed by atoms with Crippen LogP contribution in [0.3, 0.4) is 0 Å². The number of ether oxygens (including phenoxy) is 2. The third kappa shape index (κ3) is 1.99. The van der Waals surface area contributed by atoms with E-state index in [0.717, 1.165) is 24.7 Å². The van der Waals surface area contributed by atoms with E-state index < -0.39 is 0 Å². The fourth-order valence-electron chi connectivity index (χ4n) is 1.36. The van der Waals surface area contributed by atoms with Crippen LogP contribution in [0.2, 0.25) is 0 Å². The SMILES string of the molecule is CC1(COc2ccc(N)cc2)COC1. The average Bonchev–Trinajstić information content (AvgIpc) is 2.14. The number of nitrogen functional groups attached to an aromatic ring is 1. The largest absolute Gasteiger partial charge is 0.493 e. The van der Waals surface area contributed by atoms with E-state index in [1.807, 2.05) is 24.3 Å². The minimum Gasteiger partial charge on any atom is -0.493 e. The van der Waals surface area contributed by atoms with E-state index in [0.29, 0.717) is 6.61 Å². The zero-order valence-corrected chi connectivity index (χ0v) is 8.32. The molecule has 0 aliphatic carbocycles. The number of hydrogen-bond donors (Lipinski definition) is 1. The van der Waals surface area contributed by atoms with Crippen molar-refractivity contribution < 1.29 is 9.47 Å². The lowest BCUT2D eigenvalue weighted by Gasteiger charge is -2.37. The predicted octanol–water partition coefficient (Wildman–Crippen LogP) is 1.68. The summed E-state index contributed by atoms with van der Waals surface area (Å²) in [5, 5.41) is 0. The number of rotatable bonds is 3. The Kier molecular flexibility index (Phi) is 2.33. The van der Waals surface area contributed by atoms with Crippen molar-refractivity contribution in [2.75, 3.05) is 25.6 Å². The van der Waals surface area contributed by atoms with Crippen molar-refractivity contribution in [1.29, 1.82) is 0 Å². The van der Waals surface area contributed by atoms with Crippen LogP contribution in [0.15, 0.2) is 24.3 Å². The van der Waals surface area contributed by atoms with Crippen LogP contribution in [0, 0.1) is 5.41 Å². The Morgan fingerprint density at radius 2 is 2.00 bits per heavy atom. The molecule has 76 valence electrons. The van der Waals surface area contributed by atoms with Gasteiger partial charge in [0.2, 0.25) is 0 Å². The highest BCUT2D eigenvalue weighted by molar-refractivity contribution is 5.41. The van der Waals surface area contributed by atoms with Crippen molar-refractivity contribution in [2.45, 2.75) is 6.92 Å². The molecule has 0 aromatic heterocycles. The van der Waals surface area contributed by atoms with Crippen molar-refractivity contribution in [1.82, 2.24) is 0 Å². The van der Waals surface area contributed by atoms with Crippen molar-refractivity contribution in [3.05, 3.63) is 24.3 Å². The zero-order valence-electron chi connectivity index (χ0n) is 8.32. The van der Waals surface area contributed by atoms with Gasteiger partial charge in [-0.3, -0.25) is 0 Å². The van der Waals surface area contributed by atoms with Gasteiger partial charge in [-0.15, -0.1) is 0 Å². The first-order chi connectivity index (χ1) is 6.68. The summed E-state index contributed by atoms with van der Waals surface area (Å²) in [6, 6.07) is 7.46. The van der Waals surface area contributed by atoms with Gasteiger partial charge in [0.1, 0.15) is 5.75 Å². The maximum absolute atomic E-state index is 5.63. The summed E-state index contributed by atoms with van der Waals surface area (Å²) >= 11 is 0. The molecule has 0 unspecified atom stereocenters. The van der Waals surface area contributed by atoms with Crippen LogP contribution in [0.5, 0.6) is 5.75 Å². The summed E-state index contributed by atoms with van der Waals surface area (Å²) in [5.41, 5.74) is 6.53. The normalized spacial score (nSPS) is 18.6. The van der Waals surface area contributed by atoms with Gasteiger partial charge in [0.15, 0.2) is 0 Å². The molecule has 1 saturated heterocycles. The Bertz CT molecular complexity index is 304. The summed E-state index contributed by atoms with van der Waals surface area (Å²) in [6.45, 7) is 4.45. The lowest BCUT2D eigenvalue weighted by molar-refractivity contribution is -0.120. The van der Waals surface area contributed by atoms with Crippen LogP contribution in [-0.4, -0.2) is 19.8 Å². The summed E-state index contributed by atoms with van der Waals surface area (Å²) in [4.78, 5) is 0. The Morgan fingerprint density at radius 3 is 2.50 bits per heavy atom. The maximum atomic E-state index is 5.63. The van der Waals surface area contributed by atoms with Gasteiger partial charge < -0.3 is 15.2 Å². The van der Waals surface area contributed by atoms with Crippen molar-refractivity contribution in [3.63, 3.8) is 0 Å². The summed E-state index contributed by atoms with van der Waals surface area (Å²) in [6.07, 6.45) is 0. The Hall–Kier alpha value is -1.22. The monoisotopic (exact) mass is 193 g/mol. The number of anilines is 1. The summed E-state index contributed by atoms with van der Waals surface area (Å²) in [5.74, 6) is 0.868. The molecule has 1 aromatic rings. The minimum atomic E-state index is 0.196. The Labute approximate surface area is 83.8 Å². The molecule has 0 atom stereocenters. The quantitative estimate of drug-likeness (QED) is 0.743. The molecule has 2 rings (SSSR count). The second kappa shape index (κ2) is 3.50. The maximum Gasteiger partial charge on any atom is 0.119 e. The smallest absolute Gasteiger partial charge is 0.119 e. The van der Waals surface area contributed by atoms with Crippen LogP contribution in [0.25, 0.3) is 0 Å². The highest BCUT2D eigenvalue weighted by Crippen LogP contribution is 2.27. The molecule has 1 aliphatic heterocycles. The lowest BCUT2D eigenvalue weighted by atomic mass is 9.90. The van der Waals surface area contributed by atoms with E-state index >= 15 is 0 Å². The second-order valence-electron chi connectivity index (χ2n) is 4.16. The lowest BCUT2D eigenvalue weighted by Crippen LogP contribution is -2.44. The van der Waals surface area contributed by atoms with Crippen LogP contribution >= 0.6 is 0 Å². The molecule has 14 heavy (non-hydrogen) atoms. The summed E-state index contributed by atoms with van der Waals surface area (Å²) < 4.78 is 10.8. The summed E-state index contributed by atoms with van der Waals surface area (Å²) in [7, 11) is 0. The van der Waals surface area contributed by atoms with Gasteiger partial charge >= 0.3 is 0 Å². The second-order valence-corrected chi connectivity index (χ2v) is 4.16. The van der Waals surface area contributed by atoms with Gasteiger partial charge in [-0.1, -0.05) is 6.92 Å². The van der Waals surface area contributed by atoms with Crippen LogP contribution in [0.1, 0.15) is 6.92 Å². The van der Waals surface area contributed by atoms with Crippen LogP contribution in [0.4, 0.5) is 5.69 Å². The molecule has 3 nitrogen and oxygen atoms in total. The first-order valence-electron chi connectivity index (χ1n) is 4.74. The number of nitrogens with two attached hydrogens (primary N) is 1. The third-order valence-corrected chi connectivity index (χ3v) is 2.37. The van der Waals surface area contributed by atoms with Gasteiger partial charge in [-0.05, 0) is 24.3 Å². The van der Waals surface area contributed by atoms with Gasteiger partial charge in [0.25, 0.3) is 0 Å². The van der Waals surface area contributed by atoms with Crippen LogP contribution in [-0.2, 0) is 4.74 Å². The Balaban J connectivity index is 1.88. The predicted molar refractivity (Wildman–Crippen MR) is 55.3 cm³/mol. The highest BCUT2D eigenvalue weighted by Gasteiger charge is 2.34. The van der Waals surface area contributed by atoms with Crippen molar-refractivity contribution >= 4 is 5.69 Å². The zero-order chi connectivity index (χ0) is 10.0. The van der Waals surface area contributed by atoms with Gasteiger partial charge in [0.05, 0.1) is 19.8 Å².